The predicted molar refractivity (Wildman–Crippen MR) is 51.7 cm³/mol. The number of nitrogens with zero attached hydrogens (tertiary/aromatic N) is 4. The molecule has 0 N–H and O–H groups in total. The third-order valence-corrected chi connectivity index (χ3v) is 1.40. The van der Waals surface area contributed by atoms with Crippen molar-refractivity contribution in [3.8, 4) is 17.6 Å². The number of azide groups is 1. The molecule has 70 valence electrons. The van der Waals surface area contributed by atoms with Crippen molar-refractivity contribution in [3.63, 3.8) is 0 Å². The molecule has 0 amide bonds. The van der Waals surface area contributed by atoms with E-state index in [-0.39, 0.29) is 6.54 Å². The molecule has 0 saturated carbocycles. The van der Waals surface area contributed by atoms with E-state index >= 15 is 0 Å². The van der Waals surface area contributed by atoms with Crippen molar-refractivity contribution < 1.29 is 4.74 Å². The Hall–Kier alpha value is -2.18. The molecule has 5 nitrogen and oxygen atoms in total. The molecule has 0 saturated heterocycles. The van der Waals surface area contributed by atoms with E-state index in [4.69, 9.17) is 10.3 Å². The van der Waals surface area contributed by atoms with Gasteiger partial charge in [0.25, 0.3) is 0 Å². The summed E-state index contributed by atoms with van der Waals surface area (Å²) in [5.41, 5.74) is 8.61. The van der Waals surface area contributed by atoms with Gasteiger partial charge >= 0.3 is 0 Å². The van der Waals surface area contributed by atoms with Crippen molar-refractivity contribution in [2.75, 3.05) is 13.7 Å². The highest BCUT2D eigenvalue weighted by molar-refractivity contribution is 5.31. The highest BCUT2D eigenvalue weighted by Gasteiger charge is 1.90. The van der Waals surface area contributed by atoms with Gasteiger partial charge in [-0.3, -0.25) is 0 Å². The fourth-order valence-corrected chi connectivity index (χ4v) is 0.772. The van der Waals surface area contributed by atoms with Gasteiger partial charge in [0.2, 0.25) is 0 Å². The van der Waals surface area contributed by atoms with Crippen LogP contribution in [0.4, 0.5) is 0 Å². The van der Waals surface area contributed by atoms with Crippen molar-refractivity contribution in [1.29, 1.82) is 0 Å². The molecule has 0 fully saturated rings. The first-order valence-corrected chi connectivity index (χ1v) is 3.86. The SMILES string of the molecule is COc1ccc(C#CCN=[N+]=[N-])nc1. The van der Waals surface area contributed by atoms with Crippen LogP contribution in [-0.2, 0) is 0 Å². The first kappa shape index (κ1) is 9.90. The summed E-state index contributed by atoms with van der Waals surface area (Å²) >= 11 is 0. The number of pyridine rings is 1. The number of hydrogen-bond donors (Lipinski definition) is 0. The van der Waals surface area contributed by atoms with Crippen LogP contribution in [0.2, 0.25) is 0 Å². The first-order chi connectivity index (χ1) is 6.86. The van der Waals surface area contributed by atoms with Gasteiger partial charge < -0.3 is 4.74 Å². The zero-order valence-electron chi connectivity index (χ0n) is 7.64. The van der Waals surface area contributed by atoms with Crippen LogP contribution in [-0.4, -0.2) is 18.6 Å². The minimum Gasteiger partial charge on any atom is -0.495 e. The molecule has 0 aromatic carbocycles. The molecule has 0 radical (unpaired) electrons. The number of hydrogen-bond acceptors (Lipinski definition) is 3. The lowest BCUT2D eigenvalue weighted by Gasteiger charge is -1.96. The Balaban J connectivity index is 2.66. The van der Waals surface area contributed by atoms with Crippen molar-refractivity contribution in [2.24, 2.45) is 5.11 Å². The van der Waals surface area contributed by atoms with E-state index in [1.165, 1.54) is 0 Å². The van der Waals surface area contributed by atoms with Gasteiger partial charge in [0.1, 0.15) is 11.4 Å². The largest absolute Gasteiger partial charge is 0.495 e. The number of methoxy groups -OCH3 is 1. The van der Waals surface area contributed by atoms with Crippen LogP contribution in [0.3, 0.4) is 0 Å². The summed E-state index contributed by atoms with van der Waals surface area (Å²) in [6, 6.07) is 3.51. The topological polar surface area (TPSA) is 70.9 Å². The van der Waals surface area contributed by atoms with Crippen LogP contribution >= 0.6 is 0 Å². The van der Waals surface area contributed by atoms with Gasteiger partial charge in [-0.1, -0.05) is 11.0 Å². The standard InChI is InChI=1S/C9H8N4O/c1-14-9-5-4-8(11-7-9)3-2-6-12-13-10/h4-5,7H,6H2,1H3. The maximum absolute atomic E-state index is 7.99. The summed E-state index contributed by atoms with van der Waals surface area (Å²) in [4.78, 5) is 6.59. The number of rotatable bonds is 2. The summed E-state index contributed by atoms with van der Waals surface area (Å²) in [6.07, 6.45) is 1.58. The van der Waals surface area contributed by atoms with Gasteiger partial charge in [0.15, 0.2) is 0 Å². The van der Waals surface area contributed by atoms with E-state index in [0.717, 1.165) is 0 Å². The molecule has 14 heavy (non-hydrogen) atoms. The molecule has 0 spiro atoms. The fourth-order valence-electron chi connectivity index (χ4n) is 0.772. The Morgan fingerprint density at radius 2 is 2.50 bits per heavy atom. The molecule has 0 bridgehead atoms. The molecule has 0 atom stereocenters. The predicted octanol–water partition coefficient (Wildman–Crippen LogP) is 1.75. The Bertz CT molecular complexity index is 395. The van der Waals surface area contributed by atoms with E-state index in [2.05, 4.69) is 26.9 Å². The van der Waals surface area contributed by atoms with Crippen molar-refractivity contribution >= 4 is 0 Å². The Morgan fingerprint density at radius 3 is 3.07 bits per heavy atom. The molecule has 0 aliphatic heterocycles. The Labute approximate surface area is 81.4 Å². The molecule has 1 rings (SSSR count). The van der Waals surface area contributed by atoms with Gasteiger partial charge in [-0.15, -0.1) is 0 Å². The average molecular weight is 188 g/mol. The maximum atomic E-state index is 7.99. The van der Waals surface area contributed by atoms with Gasteiger partial charge in [0.05, 0.1) is 19.9 Å². The minimum atomic E-state index is 0.157. The molecule has 5 heteroatoms. The summed E-state index contributed by atoms with van der Waals surface area (Å²) in [7, 11) is 1.57. The minimum absolute atomic E-state index is 0.157. The van der Waals surface area contributed by atoms with Gasteiger partial charge in [-0.2, -0.15) is 0 Å². The molecular weight excluding hydrogens is 180 g/mol. The van der Waals surface area contributed by atoms with E-state index in [9.17, 15) is 0 Å². The lowest BCUT2D eigenvalue weighted by Crippen LogP contribution is -1.86. The van der Waals surface area contributed by atoms with Crippen LogP contribution in [0.25, 0.3) is 10.4 Å². The fraction of sp³-hybridized carbons (Fsp3) is 0.222. The summed E-state index contributed by atoms with van der Waals surface area (Å²) in [5, 5.41) is 3.28. The smallest absolute Gasteiger partial charge is 0.137 e. The molecule has 1 heterocycles. The summed E-state index contributed by atoms with van der Waals surface area (Å²) in [5.74, 6) is 6.10. The second kappa shape index (κ2) is 5.46. The molecule has 1 aromatic rings. The molecule has 0 aliphatic rings. The van der Waals surface area contributed by atoms with Crippen LogP contribution in [0.5, 0.6) is 5.75 Å². The van der Waals surface area contributed by atoms with E-state index in [1.54, 1.807) is 25.4 Å². The highest BCUT2D eigenvalue weighted by atomic mass is 16.5. The van der Waals surface area contributed by atoms with Crippen LogP contribution in [0.1, 0.15) is 5.69 Å². The molecular formula is C9H8N4O. The second-order valence-corrected chi connectivity index (χ2v) is 2.27. The quantitative estimate of drug-likeness (QED) is 0.307. The second-order valence-electron chi connectivity index (χ2n) is 2.27. The normalized spacial score (nSPS) is 8.07. The number of aromatic nitrogens is 1. The summed E-state index contributed by atoms with van der Waals surface area (Å²) < 4.78 is 4.93. The number of ether oxygens (including phenoxy) is 1. The van der Waals surface area contributed by atoms with Crippen LogP contribution in [0, 0.1) is 11.8 Å². The maximum Gasteiger partial charge on any atom is 0.137 e. The van der Waals surface area contributed by atoms with Gasteiger partial charge in [0, 0.05) is 4.91 Å². The van der Waals surface area contributed by atoms with Gasteiger partial charge in [-0.05, 0) is 23.6 Å². The third kappa shape index (κ3) is 3.05. The lowest BCUT2D eigenvalue weighted by atomic mass is 10.3. The zero-order chi connectivity index (χ0) is 10.2. The van der Waals surface area contributed by atoms with Crippen LogP contribution < -0.4 is 4.74 Å². The molecule has 0 unspecified atom stereocenters. The van der Waals surface area contributed by atoms with Crippen molar-refractivity contribution in [1.82, 2.24) is 4.98 Å². The van der Waals surface area contributed by atoms with E-state index < -0.39 is 0 Å². The highest BCUT2D eigenvalue weighted by Crippen LogP contribution is 2.06. The lowest BCUT2D eigenvalue weighted by molar-refractivity contribution is 0.413. The van der Waals surface area contributed by atoms with Crippen molar-refractivity contribution in [2.45, 2.75) is 0 Å². The van der Waals surface area contributed by atoms with Crippen LogP contribution in [0.15, 0.2) is 23.4 Å². The molecule has 1 aromatic heterocycles. The molecule has 0 aliphatic carbocycles. The third-order valence-electron chi connectivity index (χ3n) is 1.40. The Morgan fingerprint density at radius 1 is 1.64 bits per heavy atom. The summed E-state index contributed by atoms with van der Waals surface area (Å²) in [6.45, 7) is 0.157. The Kier molecular flexibility index (Phi) is 3.86. The first-order valence-electron chi connectivity index (χ1n) is 3.86. The average Bonchev–Trinajstić information content (AvgIpc) is 2.25. The van der Waals surface area contributed by atoms with E-state index in [0.29, 0.717) is 11.4 Å². The monoisotopic (exact) mass is 188 g/mol. The van der Waals surface area contributed by atoms with Gasteiger partial charge in [-0.25, -0.2) is 4.98 Å². The van der Waals surface area contributed by atoms with Crippen molar-refractivity contribution in [3.05, 3.63) is 34.5 Å². The van der Waals surface area contributed by atoms with E-state index in [1.807, 2.05) is 0 Å². The zero-order valence-corrected chi connectivity index (χ0v) is 7.64.